The van der Waals surface area contributed by atoms with E-state index in [-0.39, 0.29) is 28.2 Å². The van der Waals surface area contributed by atoms with Crippen molar-refractivity contribution >= 4 is 44.8 Å². The number of amides is 1. The third-order valence-corrected chi connectivity index (χ3v) is 8.04. The summed E-state index contributed by atoms with van der Waals surface area (Å²) in [5.74, 6) is -0.391. The molecule has 0 spiro atoms. The maximum absolute atomic E-state index is 13.4. The van der Waals surface area contributed by atoms with Gasteiger partial charge in [0, 0.05) is 0 Å². The van der Waals surface area contributed by atoms with Gasteiger partial charge in [0.15, 0.2) is 0 Å². The highest BCUT2D eigenvalue weighted by Gasteiger charge is 2.29. The molecule has 0 heterocycles. The van der Waals surface area contributed by atoms with Gasteiger partial charge in [-0.05, 0) is 60.7 Å². The molecule has 1 aliphatic rings. The molecule has 1 aliphatic carbocycles. The first-order valence-corrected chi connectivity index (χ1v) is 12.5. The number of nitrogens with one attached hydrogen (secondary N) is 1. The van der Waals surface area contributed by atoms with E-state index in [2.05, 4.69) is 11.4 Å². The molecule has 32 heavy (non-hydrogen) atoms. The molecule has 3 aromatic carbocycles. The van der Waals surface area contributed by atoms with E-state index in [0.29, 0.717) is 5.02 Å². The highest BCUT2D eigenvalue weighted by Crippen LogP contribution is 2.32. The lowest BCUT2D eigenvalue weighted by atomic mass is 9.88. The molecule has 0 aliphatic heterocycles. The number of rotatable bonds is 6. The van der Waals surface area contributed by atoms with Crippen molar-refractivity contribution in [2.75, 3.05) is 10.8 Å². The number of sulfonamides is 1. The third kappa shape index (κ3) is 4.77. The van der Waals surface area contributed by atoms with Crippen LogP contribution in [0.3, 0.4) is 0 Å². The van der Waals surface area contributed by atoms with E-state index in [1.807, 2.05) is 18.2 Å². The normalized spacial score (nSPS) is 15.6. The predicted octanol–water partition coefficient (Wildman–Crippen LogP) is 5.38. The second kappa shape index (κ2) is 9.53. The summed E-state index contributed by atoms with van der Waals surface area (Å²) in [5.41, 5.74) is 2.56. The standard InChI is InChI=1S/C24H22Cl2N2O3S/c25-21-14-13-18(15-22(21)26)28(32(30,31)19-9-2-1-3-10-19)16-24(29)27-23-12-6-8-17-7-4-5-11-20(17)23/h1-5,7,9-11,13-15,23H,6,8,12,16H2,(H,27,29)/t23-/m1/s1. The molecule has 4 rings (SSSR count). The Balaban J connectivity index is 1.64. The summed E-state index contributed by atoms with van der Waals surface area (Å²) >= 11 is 12.2. The number of nitrogens with zero attached hydrogens (tertiary/aromatic N) is 1. The van der Waals surface area contributed by atoms with Crippen molar-refractivity contribution in [2.24, 2.45) is 0 Å². The second-order valence-electron chi connectivity index (χ2n) is 7.63. The molecule has 1 amide bonds. The number of fused-ring (bicyclic) bond motifs is 1. The maximum atomic E-state index is 13.4. The van der Waals surface area contributed by atoms with Gasteiger partial charge < -0.3 is 5.32 Å². The molecule has 0 radical (unpaired) electrons. The molecule has 1 N–H and O–H groups in total. The SMILES string of the molecule is O=C(CN(c1ccc(Cl)c(Cl)c1)S(=O)(=O)c1ccccc1)N[C@@H]1CCCc2ccccc21. The first-order chi connectivity index (χ1) is 15.4. The number of hydrogen-bond donors (Lipinski definition) is 1. The van der Waals surface area contributed by atoms with Crippen LogP contribution in [0.1, 0.15) is 30.0 Å². The zero-order chi connectivity index (χ0) is 22.7. The van der Waals surface area contributed by atoms with Gasteiger partial charge >= 0.3 is 0 Å². The van der Waals surface area contributed by atoms with Crippen molar-refractivity contribution in [1.82, 2.24) is 5.32 Å². The number of anilines is 1. The maximum Gasteiger partial charge on any atom is 0.264 e. The van der Waals surface area contributed by atoms with E-state index < -0.39 is 15.9 Å². The van der Waals surface area contributed by atoms with Gasteiger partial charge in [-0.15, -0.1) is 0 Å². The van der Waals surface area contributed by atoms with Crippen LogP contribution in [-0.2, 0) is 21.2 Å². The summed E-state index contributed by atoms with van der Waals surface area (Å²) in [6, 6.07) is 20.4. The Labute approximate surface area is 198 Å². The van der Waals surface area contributed by atoms with Crippen LogP contribution in [0.2, 0.25) is 10.0 Å². The molecule has 166 valence electrons. The van der Waals surface area contributed by atoms with Gasteiger partial charge in [-0.2, -0.15) is 0 Å². The quantitative estimate of drug-likeness (QED) is 0.506. The van der Waals surface area contributed by atoms with Gasteiger partial charge in [0.05, 0.1) is 26.7 Å². The highest BCUT2D eigenvalue weighted by molar-refractivity contribution is 7.92. The molecule has 0 fully saturated rings. The van der Waals surface area contributed by atoms with Crippen LogP contribution in [-0.4, -0.2) is 20.9 Å². The molecule has 8 heteroatoms. The van der Waals surface area contributed by atoms with Crippen molar-refractivity contribution < 1.29 is 13.2 Å². The molecule has 0 unspecified atom stereocenters. The van der Waals surface area contributed by atoms with Crippen LogP contribution in [0.5, 0.6) is 0 Å². The summed E-state index contributed by atoms with van der Waals surface area (Å²) in [7, 11) is -4.01. The molecule has 5 nitrogen and oxygen atoms in total. The number of benzene rings is 3. The summed E-state index contributed by atoms with van der Waals surface area (Å²) in [6.07, 6.45) is 2.74. The van der Waals surface area contributed by atoms with Crippen LogP contribution >= 0.6 is 23.2 Å². The summed E-state index contributed by atoms with van der Waals surface area (Å²) in [4.78, 5) is 13.1. The van der Waals surface area contributed by atoms with Crippen molar-refractivity contribution in [3.8, 4) is 0 Å². The molecule has 0 saturated heterocycles. The third-order valence-electron chi connectivity index (χ3n) is 5.51. The van der Waals surface area contributed by atoms with E-state index in [1.165, 1.54) is 35.9 Å². The predicted molar refractivity (Wildman–Crippen MR) is 128 cm³/mol. The van der Waals surface area contributed by atoms with Crippen molar-refractivity contribution in [1.29, 1.82) is 0 Å². The van der Waals surface area contributed by atoms with E-state index in [0.717, 1.165) is 29.1 Å². The summed E-state index contributed by atoms with van der Waals surface area (Å²) < 4.78 is 27.9. The van der Waals surface area contributed by atoms with Gasteiger partial charge in [0.25, 0.3) is 10.0 Å². The number of aryl methyl sites for hydroxylation is 1. The largest absolute Gasteiger partial charge is 0.348 e. The monoisotopic (exact) mass is 488 g/mol. The van der Waals surface area contributed by atoms with Crippen molar-refractivity contribution in [2.45, 2.75) is 30.2 Å². The van der Waals surface area contributed by atoms with Gasteiger partial charge in [0.2, 0.25) is 5.91 Å². The van der Waals surface area contributed by atoms with Crippen LogP contribution in [0.25, 0.3) is 0 Å². The lowest BCUT2D eigenvalue weighted by molar-refractivity contribution is -0.120. The minimum absolute atomic E-state index is 0.0851. The minimum Gasteiger partial charge on any atom is -0.348 e. The number of halogens is 2. The van der Waals surface area contributed by atoms with E-state index >= 15 is 0 Å². The molecule has 0 aromatic heterocycles. The highest BCUT2D eigenvalue weighted by atomic mass is 35.5. The fourth-order valence-corrected chi connectivity index (χ4v) is 5.68. The summed E-state index contributed by atoms with van der Waals surface area (Å²) in [6.45, 7) is -0.381. The lowest BCUT2D eigenvalue weighted by Crippen LogP contribution is -2.42. The second-order valence-corrected chi connectivity index (χ2v) is 10.3. The number of hydrogen-bond acceptors (Lipinski definition) is 3. The van der Waals surface area contributed by atoms with Gasteiger partial charge in [-0.3, -0.25) is 9.10 Å². The molecule has 0 bridgehead atoms. The van der Waals surface area contributed by atoms with Gasteiger partial charge in [-0.25, -0.2) is 8.42 Å². The topological polar surface area (TPSA) is 66.5 Å². The first kappa shape index (κ1) is 22.6. The average Bonchev–Trinajstić information content (AvgIpc) is 2.80. The van der Waals surface area contributed by atoms with Crippen LogP contribution in [0.15, 0.2) is 77.7 Å². The minimum atomic E-state index is -4.01. The van der Waals surface area contributed by atoms with Crippen LogP contribution in [0, 0.1) is 0 Å². The average molecular weight is 489 g/mol. The van der Waals surface area contributed by atoms with Crippen molar-refractivity contribution in [3.63, 3.8) is 0 Å². The molecule has 0 saturated carbocycles. The zero-order valence-corrected chi connectivity index (χ0v) is 19.5. The molecule has 3 aromatic rings. The van der Waals surface area contributed by atoms with E-state index in [9.17, 15) is 13.2 Å². The molecule has 1 atom stereocenters. The Kier molecular flexibility index (Phi) is 6.74. The van der Waals surface area contributed by atoms with E-state index in [4.69, 9.17) is 23.2 Å². The van der Waals surface area contributed by atoms with Crippen LogP contribution in [0.4, 0.5) is 5.69 Å². The fourth-order valence-electron chi connectivity index (χ4n) is 3.95. The number of carbonyl (C=O) groups excluding carboxylic acids is 1. The molecular formula is C24H22Cl2N2O3S. The summed E-state index contributed by atoms with van der Waals surface area (Å²) in [5, 5.41) is 3.53. The fraction of sp³-hybridized carbons (Fsp3) is 0.208. The Morgan fingerprint density at radius 3 is 2.44 bits per heavy atom. The Morgan fingerprint density at radius 1 is 0.969 bits per heavy atom. The lowest BCUT2D eigenvalue weighted by Gasteiger charge is -2.29. The Bertz CT molecular complexity index is 1230. The van der Waals surface area contributed by atoms with Crippen LogP contribution < -0.4 is 9.62 Å². The zero-order valence-electron chi connectivity index (χ0n) is 17.2. The Hall–Kier alpha value is -2.54. The molecular weight excluding hydrogens is 467 g/mol. The van der Waals surface area contributed by atoms with E-state index in [1.54, 1.807) is 18.2 Å². The smallest absolute Gasteiger partial charge is 0.264 e. The van der Waals surface area contributed by atoms with Gasteiger partial charge in [-0.1, -0.05) is 65.7 Å². The van der Waals surface area contributed by atoms with Crippen molar-refractivity contribution in [3.05, 3.63) is 94.0 Å². The first-order valence-electron chi connectivity index (χ1n) is 10.3. The van der Waals surface area contributed by atoms with Gasteiger partial charge in [0.1, 0.15) is 6.54 Å². The number of carbonyl (C=O) groups is 1. The Morgan fingerprint density at radius 2 is 1.69 bits per heavy atom.